The van der Waals surface area contributed by atoms with Crippen molar-refractivity contribution >= 4 is 28.9 Å². The highest BCUT2D eigenvalue weighted by Gasteiger charge is 2.27. The molecule has 0 aliphatic carbocycles. The van der Waals surface area contributed by atoms with Crippen molar-refractivity contribution in [2.45, 2.75) is 25.9 Å². The number of benzene rings is 1. The van der Waals surface area contributed by atoms with Crippen molar-refractivity contribution in [3.63, 3.8) is 0 Å². The maximum atomic E-state index is 11.2. The zero-order chi connectivity index (χ0) is 15.5. The average Bonchev–Trinajstić information content (AvgIpc) is 2.96. The molecule has 0 saturated carbocycles. The third-order valence-corrected chi connectivity index (χ3v) is 5.29. The van der Waals surface area contributed by atoms with E-state index >= 15 is 0 Å². The molecular weight excluding hydrogens is 318 g/mol. The number of carbonyl (C=O) groups is 1. The highest BCUT2D eigenvalue weighted by molar-refractivity contribution is 7.10. The van der Waals surface area contributed by atoms with E-state index in [2.05, 4.69) is 16.3 Å². The highest BCUT2D eigenvalue weighted by Crippen LogP contribution is 2.33. The van der Waals surface area contributed by atoms with Crippen LogP contribution in [0.1, 0.15) is 29.0 Å². The van der Waals surface area contributed by atoms with Gasteiger partial charge in [0.25, 0.3) is 0 Å². The molecule has 5 heteroatoms. The molecular formula is C17H18ClNO2S. The summed E-state index contributed by atoms with van der Waals surface area (Å²) in [6, 6.07) is 9.99. The van der Waals surface area contributed by atoms with Crippen molar-refractivity contribution in [1.29, 1.82) is 0 Å². The topological polar surface area (TPSA) is 29.5 Å². The number of thiophene rings is 1. The van der Waals surface area contributed by atoms with E-state index in [9.17, 15) is 4.79 Å². The lowest BCUT2D eigenvalue weighted by atomic mass is 10.0. The van der Waals surface area contributed by atoms with E-state index in [-0.39, 0.29) is 12.0 Å². The summed E-state index contributed by atoms with van der Waals surface area (Å²) in [5.41, 5.74) is 2.46. The van der Waals surface area contributed by atoms with E-state index in [1.165, 1.54) is 17.4 Å². The second-order valence-electron chi connectivity index (χ2n) is 5.43. The molecule has 1 unspecified atom stereocenters. The minimum atomic E-state index is -0.258. The Kier molecular flexibility index (Phi) is 4.81. The lowest BCUT2D eigenvalue weighted by Gasteiger charge is -2.34. The summed E-state index contributed by atoms with van der Waals surface area (Å²) in [4.78, 5) is 15.0. The van der Waals surface area contributed by atoms with Crippen LogP contribution in [0.25, 0.3) is 0 Å². The predicted molar refractivity (Wildman–Crippen MR) is 89.3 cm³/mol. The quantitative estimate of drug-likeness (QED) is 0.789. The molecule has 1 aliphatic rings. The van der Waals surface area contributed by atoms with E-state index in [0.717, 1.165) is 30.1 Å². The van der Waals surface area contributed by atoms with Gasteiger partial charge < -0.3 is 4.74 Å². The summed E-state index contributed by atoms with van der Waals surface area (Å²) in [6.45, 7) is 3.60. The maximum absolute atomic E-state index is 11.2. The molecule has 0 N–H and O–H groups in total. The molecule has 1 aliphatic heterocycles. The molecule has 2 heterocycles. The minimum Gasteiger partial charge on any atom is -0.464 e. The molecule has 1 atom stereocenters. The van der Waals surface area contributed by atoms with Crippen LogP contribution in [0.5, 0.6) is 0 Å². The number of carbonyl (C=O) groups excluding carboxylic acids is 1. The molecule has 0 bridgehead atoms. The number of nitrogens with zero attached hydrogens (tertiary/aromatic N) is 1. The lowest BCUT2D eigenvalue weighted by molar-refractivity contribution is -0.143. The monoisotopic (exact) mass is 335 g/mol. The van der Waals surface area contributed by atoms with Gasteiger partial charge in [-0.3, -0.25) is 9.69 Å². The number of ether oxygens (including phenoxy) is 1. The molecule has 3 nitrogen and oxygen atoms in total. The Balaban J connectivity index is 1.86. The fraction of sp³-hybridized carbons (Fsp3) is 0.353. The summed E-state index contributed by atoms with van der Waals surface area (Å²) >= 11 is 8.16. The van der Waals surface area contributed by atoms with Gasteiger partial charge in [-0.25, -0.2) is 0 Å². The number of halogens is 1. The van der Waals surface area contributed by atoms with Crippen molar-refractivity contribution in [1.82, 2.24) is 4.90 Å². The first-order chi connectivity index (χ1) is 10.6. The molecule has 0 radical (unpaired) electrons. The number of hydrogen-bond donors (Lipinski definition) is 0. The van der Waals surface area contributed by atoms with Crippen molar-refractivity contribution < 1.29 is 9.53 Å². The van der Waals surface area contributed by atoms with E-state index in [1.54, 1.807) is 11.3 Å². The second kappa shape index (κ2) is 6.82. The van der Waals surface area contributed by atoms with E-state index in [1.807, 2.05) is 24.3 Å². The van der Waals surface area contributed by atoms with Crippen molar-refractivity contribution in [2.24, 2.45) is 0 Å². The maximum Gasteiger partial charge on any atom is 0.302 e. The van der Waals surface area contributed by atoms with E-state index < -0.39 is 0 Å². The van der Waals surface area contributed by atoms with Crippen molar-refractivity contribution in [2.75, 3.05) is 13.2 Å². The zero-order valence-electron chi connectivity index (χ0n) is 12.4. The van der Waals surface area contributed by atoms with Crippen LogP contribution in [0.15, 0.2) is 35.7 Å². The lowest BCUT2D eigenvalue weighted by Crippen LogP contribution is -2.36. The highest BCUT2D eigenvalue weighted by atomic mass is 35.5. The Morgan fingerprint density at radius 2 is 2.23 bits per heavy atom. The third-order valence-electron chi connectivity index (χ3n) is 4.00. The smallest absolute Gasteiger partial charge is 0.302 e. The van der Waals surface area contributed by atoms with Crippen LogP contribution in [0.3, 0.4) is 0 Å². The van der Waals surface area contributed by atoms with Crippen LogP contribution in [0, 0.1) is 0 Å². The van der Waals surface area contributed by atoms with Crippen LogP contribution < -0.4 is 0 Å². The first-order valence-electron chi connectivity index (χ1n) is 7.32. The molecule has 22 heavy (non-hydrogen) atoms. The average molecular weight is 336 g/mol. The van der Waals surface area contributed by atoms with Crippen molar-refractivity contribution in [3.05, 3.63) is 56.7 Å². The third kappa shape index (κ3) is 3.35. The molecule has 3 rings (SSSR count). The normalized spacial score (nSPS) is 16.1. The number of esters is 1. The Labute approximate surface area is 139 Å². The van der Waals surface area contributed by atoms with Crippen LogP contribution in [0.2, 0.25) is 5.02 Å². The Bertz CT molecular complexity index is 670. The van der Waals surface area contributed by atoms with Gasteiger partial charge in [0.15, 0.2) is 0 Å². The molecule has 0 spiro atoms. The van der Waals surface area contributed by atoms with Gasteiger partial charge in [-0.2, -0.15) is 0 Å². The number of fused-ring (bicyclic) bond motifs is 1. The Morgan fingerprint density at radius 3 is 3.00 bits per heavy atom. The summed E-state index contributed by atoms with van der Waals surface area (Å²) in [6.07, 6.45) is 1.03. The van der Waals surface area contributed by atoms with Gasteiger partial charge in [0.05, 0.1) is 6.04 Å². The SMILES string of the molecule is CC(=O)OCC(c1ccccc1Cl)N1CCc2ccsc2C1. The molecule has 0 saturated heterocycles. The first kappa shape index (κ1) is 15.5. The first-order valence-corrected chi connectivity index (χ1v) is 8.58. The minimum absolute atomic E-state index is 0.00662. The number of hydrogen-bond acceptors (Lipinski definition) is 4. The van der Waals surface area contributed by atoms with Gasteiger partial charge in [0.1, 0.15) is 6.61 Å². The summed E-state index contributed by atoms with van der Waals surface area (Å²) in [5.74, 6) is -0.258. The fourth-order valence-electron chi connectivity index (χ4n) is 2.86. The van der Waals surface area contributed by atoms with E-state index in [4.69, 9.17) is 16.3 Å². The largest absolute Gasteiger partial charge is 0.464 e. The molecule has 0 amide bonds. The second-order valence-corrected chi connectivity index (χ2v) is 6.84. The van der Waals surface area contributed by atoms with Gasteiger partial charge in [0.2, 0.25) is 0 Å². The summed E-state index contributed by atoms with van der Waals surface area (Å²) in [7, 11) is 0. The molecule has 1 aromatic heterocycles. The van der Waals surface area contributed by atoms with Crippen LogP contribution in [-0.4, -0.2) is 24.0 Å². The molecule has 0 fully saturated rings. The van der Waals surface area contributed by atoms with Gasteiger partial charge in [0, 0.05) is 29.9 Å². The van der Waals surface area contributed by atoms with Gasteiger partial charge >= 0.3 is 5.97 Å². The predicted octanol–water partition coefficient (Wildman–Crippen LogP) is 4.06. The van der Waals surface area contributed by atoms with Gasteiger partial charge in [-0.1, -0.05) is 29.8 Å². The van der Waals surface area contributed by atoms with E-state index in [0.29, 0.717) is 6.61 Å². The van der Waals surface area contributed by atoms with Crippen LogP contribution in [0.4, 0.5) is 0 Å². The summed E-state index contributed by atoms with van der Waals surface area (Å²) < 4.78 is 5.30. The van der Waals surface area contributed by atoms with Gasteiger partial charge in [-0.05, 0) is 35.1 Å². The van der Waals surface area contributed by atoms with Crippen molar-refractivity contribution in [3.8, 4) is 0 Å². The van der Waals surface area contributed by atoms with Gasteiger partial charge in [-0.15, -0.1) is 11.3 Å². The fourth-order valence-corrected chi connectivity index (χ4v) is 4.08. The molecule has 116 valence electrons. The molecule has 1 aromatic carbocycles. The van der Waals surface area contributed by atoms with Crippen LogP contribution >= 0.6 is 22.9 Å². The standard InChI is InChI=1S/C17H18ClNO2S/c1-12(20)21-11-16(14-4-2-3-5-15(14)18)19-8-6-13-7-9-22-17(13)10-19/h2-5,7,9,16H,6,8,10-11H2,1H3. The molecule has 2 aromatic rings. The van der Waals surface area contributed by atoms with Crippen LogP contribution in [-0.2, 0) is 22.5 Å². The summed E-state index contributed by atoms with van der Waals surface area (Å²) in [5, 5.41) is 2.86. The Hall–Kier alpha value is -1.36. The number of rotatable bonds is 4. The Morgan fingerprint density at radius 1 is 1.41 bits per heavy atom. The zero-order valence-corrected chi connectivity index (χ0v) is 14.0.